The molecule has 0 saturated heterocycles. The molecule has 0 bridgehead atoms. The molecule has 2 amide bonds. The van der Waals surface area contributed by atoms with Gasteiger partial charge in [0.1, 0.15) is 5.75 Å². The smallest absolute Gasteiger partial charge is 0.262 e. The number of methoxy groups -OCH3 is 1. The summed E-state index contributed by atoms with van der Waals surface area (Å²) in [6.45, 7) is 11.6. The number of hydrogen-bond donors (Lipinski definition) is 2. The molecule has 0 fully saturated rings. The highest BCUT2D eigenvalue weighted by molar-refractivity contribution is 7.18. The number of thiophene rings is 1. The van der Waals surface area contributed by atoms with E-state index in [0.29, 0.717) is 9.88 Å². The molecule has 0 spiro atoms. The molecule has 1 aromatic carbocycles. The molecule has 0 radical (unpaired) electrons. The lowest BCUT2D eigenvalue weighted by Crippen LogP contribution is -2.31. The summed E-state index contributed by atoms with van der Waals surface area (Å²) in [6.07, 6.45) is 0. The maximum atomic E-state index is 12.9. The van der Waals surface area contributed by atoms with Crippen molar-refractivity contribution in [2.75, 3.05) is 12.4 Å². The molecule has 152 valence electrons. The number of carbonyl (C=O) groups excluding carboxylic acids is 2. The largest absolute Gasteiger partial charge is 0.497 e. The van der Waals surface area contributed by atoms with Crippen LogP contribution in [0.15, 0.2) is 30.3 Å². The molecule has 6 heteroatoms. The van der Waals surface area contributed by atoms with Crippen LogP contribution < -0.4 is 15.4 Å². The van der Waals surface area contributed by atoms with Gasteiger partial charge in [-0.1, -0.05) is 46.8 Å². The molecule has 1 aromatic heterocycles. The first kappa shape index (κ1) is 22.0. The quantitative estimate of drug-likeness (QED) is 0.700. The Labute approximate surface area is 171 Å². The van der Waals surface area contributed by atoms with E-state index in [1.807, 2.05) is 58.0 Å². The van der Waals surface area contributed by atoms with Crippen LogP contribution in [0.25, 0.3) is 0 Å². The third-order valence-electron chi connectivity index (χ3n) is 4.47. The highest BCUT2D eigenvalue weighted by atomic mass is 32.1. The summed E-state index contributed by atoms with van der Waals surface area (Å²) in [4.78, 5) is 25.8. The van der Waals surface area contributed by atoms with Gasteiger partial charge in [0.05, 0.1) is 23.0 Å². The fourth-order valence-corrected chi connectivity index (χ4v) is 3.69. The summed E-state index contributed by atoms with van der Waals surface area (Å²) < 4.78 is 5.21. The molecule has 2 N–H and O–H groups in total. The van der Waals surface area contributed by atoms with Crippen molar-refractivity contribution in [3.05, 3.63) is 46.3 Å². The summed E-state index contributed by atoms with van der Waals surface area (Å²) in [7, 11) is 1.63. The third-order valence-corrected chi connectivity index (χ3v) is 5.62. The number of rotatable bonds is 6. The topological polar surface area (TPSA) is 67.4 Å². The first-order valence-electron chi connectivity index (χ1n) is 9.39. The second kappa shape index (κ2) is 8.78. The third kappa shape index (κ3) is 5.35. The number of carbonyl (C=O) groups is 2. The lowest BCUT2D eigenvalue weighted by atomic mass is 9.95. The van der Waals surface area contributed by atoms with E-state index in [4.69, 9.17) is 4.74 Å². The van der Waals surface area contributed by atoms with E-state index in [1.54, 1.807) is 7.11 Å². The van der Waals surface area contributed by atoms with Crippen LogP contribution in [0.4, 0.5) is 5.00 Å². The van der Waals surface area contributed by atoms with Crippen LogP contribution in [0.2, 0.25) is 0 Å². The predicted molar refractivity (Wildman–Crippen MR) is 115 cm³/mol. The predicted octanol–water partition coefficient (Wildman–Crippen LogP) is 5.18. The Balaban J connectivity index is 2.18. The molecule has 0 aliphatic heterocycles. The van der Waals surface area contributed by atoms with Crippen LogP contribution >= 0.6 is 11.3 Å². The fraction of sp³-hybridized carbons (Fsp3) is 0.455. The summed E-state index contributed by atoms with van der Waals surface area (Å²) in [6, 6.07) is 9.47. The maximum Gasteiger partial charge on any atom is 0.262 e. The van der Waals surface area contributed by atoms with Gasteiger partial charge in [0.2, 0.25) is 5.91 Å². The van der Waals surface area contributed by atoms with Gasteiger partial charge in [-0.2, -0.15) is 0 Å². The number of nitrogens with one attached hydrogen (secondary N) is 2. The zero-order valence-electron chi connectivity index (χ0n) is 17.7. The van der Waals surface area contributed by atoms with Crippen molar-refractivity contribution in [1.29, 1.82) is 0 Å². The van der Waals surface area contributed by atoms with Gasteiger partial charge in [0.25, 0.3) is 5.91 Å². The van der Waals surface area contributed by atoms with E-state index >= 15 is 0 Å². The molecular formula is C22H30N2O3S. The molecule has 0 saturated carbocycles. The van der Waals surface area contributed by atoms with Crippen molar-refractivity contribution in [2.45, 2.75) is 47.6 Å². The molecular weight excluding hydrogens is 372 g/mol. The van der Waals surface area contributed by atoms with Crippen LogP contribution in [0.3, 0.4) is 0 Å². The highest BCUT2D eigenvalue weighted by Crippen LogP contribution is 2.30. The van der Waals surface area contributed by atoms with E-state index in [9.17, 15) is 9.59 Å². The number of aryl methyl sites for hydroxylation is 1. The molecule has 5 nitrogen and oxygen atoms in total. The molecule has 1 atom stereocenters. The molecule has 0 aliphatic carbocycles. The first-order chi connectivity index (χ1) is 13.0. The van der Waals surface area contributed by atoms with Crippen molar-refractivity contribution in [3.63, 3.8) is 0 Å². The van der Waals surface area contributed by atoms with E-state index in [-0.39, 0.29) is 23.8 Å². The van der Waals surface area contributed by atoms with Crippen LogP contribution in [0, 0.1) is 18.3 Å². The molecule has 0 aliphatic rings. The molecule has 2 aromatic rings. The number of amides is 2. The van der Waals surface area contributed by atoms with Gasteiger partial charge >= 0.3 is 0 Å². The van der Waals surface area contributed by atoms with Crippen molar-refractivity contribution in [3.8, 4) is 5.75 Å². The lowest BCUT2D eigenvalue weighted by Gasteiger charge is -2.23. The van der Waals surface area contributed by atoms with Crippen LogP contribution in [-0.4, -0.2) is 18.9 Å². The minimum absolute atomic E-state index is 0.0704. The number of anilines is 1. The SMILES string of the molecule is COc1ccc([C@H](NC(=O)c2sc(NC(=O)C(C)(C)C)cc2C)C(C)C)cc1. The summed E-state index contributed by atoms with van der Waals surface area (Å²) >= 11 is 1.30. The molecule has 28 heavy (non-hydrogen) atoms. The monoisotopic (exact) mass is 402 g/mol. The van der Waals surface area contributed by atoms with Gasteiger partial charge in [-0.3, -0.25) is 9.59 Å². The Morgan fingerprint density at radius 2 is 1.71 bits per heavy atom. The van der Waals surface area contributed by atoms with Crippen LogP contribution in [0.5, 0.6) is 5.75 Å². The van der Waals surface area contributed by atoms with Gasteiger partial charge in [0, 0.05) is 5.41 Å². The average molecular weight is 403 g/mol. The molecule has 2 rings (SSSR count). The van der Waals surface area contributed by atoms with E-state index in [1.165, 1.54) is 11.3 Å². The van der Waals surface area contributed by atoms with Gasteiger partial charge in [-0.25, -0.2) is 0 Å². The second-order valence-electron chi connectivity index (χ2n) is 8.30. The lowest BCUT2D eigenvalue weighted by molar-refractivity contribution is -0.123. The maximum absolute atomic E-state index is 12.9. The Hall–Kier alpha value is -2.34. The van der Waals surface area contributed by atoms with Gasteiger partial charge in [-0.05, 0) is 42.2 Å². The normalized spacial score (nSPS) is 12.6. The Bertz CT molecular complexity index is 832. The summed E-state index contributed by atoms with van der Waals surface area (Å²) in [5.74, 6) is 0.802. The van der Waals surface area contributed by atoms with Crippen molar-refractivity contribution < 1.29 is 14.3 Å². The zero-order chi connectivity index (χ0) is 21.1. The standard InChI is InChI=1S/C22H30N2O3S/c1-13(2)18(15-8-10-16(27-7)11-9-15)24-20(25)19-14(3)12-17(28-19)23-21(26)22(4,5)6/h8-13,18H,1-7H3,(H,23,26)(H,24,25)/t18-/m1/s1. The Kier molecular flexibility index (Phi) is 6.88. The minimum Gasteiger partial charge on any atom is -0.497 e. The average Bonchev–Trinajstić information content (AvgIpc) is 2.99. The number of benzene rings is 1. The van der Waals surface area contributed by atoms with Crippen LogP contribution in [0.1, 0.15) is 61.5 Å². The highest BCUT2D eigenvalue weighted by Gasteiger charge is 2.24. The summed E-state index contributed by atoms with van der Waals surface area (Å²) in [5.41, 5.74) is 1.39. The Morgan fingerprint density at radius 1 is 1.11 bits per heavy atom. The van der Waals surface area contributed by atoms with Crippen molar-refractivity contribution in [1.82, 2.24) is 5.32 Å². The zero-order valence-corrected chi connectivity index (χ0v) is 18.5. The van der Waals surface area contributed by atoms with E-state index < -0.39 is 5.41 Å². The number of ether oxygens (including phenoxy) is 1. The minimum atomic E-state index is -0.489. The first-order valence-corrected chi connectivity index (χ1v) is 10.2. The van der Waals surface area contributed by atoms with Crippen molar-refractivity contribution in [2.24, 2.45) is 11.3 Å². The van der Waals surface area contributed by atoms with E-state index in [2.05, 4.69) is 24.5 Å². The number of hydrogen-bond acceptors (Lipinski definition) is 4. The second-order valence-corrected chi connectivity index (χ2v) is 9.35. The van der Waals surface area contributed by atoms with Crippen molar-refractivity contribution >= 4 is 28.2 Å². The molecule has 1 heterocycles. The van der Waals surface area contributed by atoms with E-state index in [0.717, 1.165) is 16.9 Å². The fourth-order valence-electron chi connectivity index (χ4n) is 2.72. The van der Waals surface area contributed by atoms with Crippen LogP contribution in [-0.2, 0) is 4.79 Å². The van der Waals surface area contributed by atoms with Gasteiger partial charge in [-0.15, -0.1) is 11.3 Å². The molecule has 0 unspecified atom stereocenters. The summed E-state index contributed by atoms with van der Waals surface area (Å²) in [5, 5.41) is 6.73. The van der Waals surface area contributed by atoms with Gasteiger partial charge < -0.3 is 15.4 Å². The van der Waals surface area contributed by atoms with Gasteiger partial charge in [0.15, 0.2) is 0 Å². The Morgan fingerprint density at radius 3 is 2.21 bits per heavy atom.